The number of nitrogens with two attached hydrogens (primary N) is 1. The van der Waals surface area contributed by atoms with Gasteiger partial charge in [-0.1, -0.05) is 75.3 Å². The van der Waals surface area contributed by atoms with Gasteiger partial charge >= 0.3 is 12.1 Å². The average Bonchev–Trinajstić information content (AvgIpc) is 2.92. The Labute approximate surface area is 247 Å². The number of carbonyl (C=O) groups is 5. The fraction of sp³-hybridized carbons (Fsp3) is 0.633. The molecule has 1 aliphatic carbocycles. The first kappa shape index (κ1) is 34.5. The number of hydrogen-bond acceptors (Lipinski definition) is 7. The van der Waals surface area contributed by atoms with Crippen LogP contribution < -0.4 is 21.7 Å². The van der Waals surface area contributed by atoms with Crippen molar-refractivity contribution in [3.05, 3.63) is 35.9 Å². The molecule has 0 radical (unpaired) electrons. The van der Waals surface area contributed by atoms with Gasteiger partial charge in [0.05, 0.1) is 0 Å². The van der Waals surface area contributed by atoms with E-state index in [1.807, 2.05) is 0 Å². The lowest BCUT2D eigenvalue weighted by molar-refractivity contribution is -0.145. The molecule has 2 rings (SSSR count). The molecule has 1 aromatic carbocycles. The maximum absolute atomic E-state index is 13.4. The van der Waals surface area contributed by atoms with Gasteiger partial charge in [0.25, 0.3) is 0 Å². The largest absolute Gasteiger partial charge is 0.480 e. The van der Waals surface area contributed by atoms with Gasteiger partial charge in [0, 0.05) is 12.8 Å². The van der Waals surface area contributed by atoms with Crippen LogP contribution in [0, 0.1) is 5.92 Å². The number of primary amides is 1. The van der Waals surface area contributed by atoms with Crippen LogP contribution in [0.15, 0.2) is 30.3 Å². The van der Waals surface area contributed by atoms with Gasteiger partial charge in [0.15, 0.2) is 6.04 Å². The van der Waals surface area contributed by atoms with E-state index >= 15 is 0 Å². The second-order valence-corrected chi connectivity index (χ2v) is 11.9. The Morgan fingerprint density at radius 1 is 0.952 bits per heavy atom. The van der Waals surface area contributed by atoms with E-state index in [9.17, 15) is 34.2 Å². The molecule has 12 heteroatoms. The first-order valence-electron chi connectivity index (χ1n) is 14.6. The van der Waals surface area contributed by atoms with Crippen LogP contribution in [0.5, 0.6) is 0 Å². The number of amides is 4. The molecule has 1 aliphatic rings. The molecule has 4 atom stereocenters. The summed E-state index contributed by atoms with van der Waals surface area (Å²) in [7, 11) is 0. The molecule has 1 aromatic rings. The van der Waals surface area contributed by atoms with Crippen LogP contribution in [0.1, 0.15) is 84.1 Å². The van der Waals surface area contributed by atoms with Crippen molar-refractivity contribution in [3.63, 3.8) is 0 Å². The molecule has 4 amide bonds. The monoisotopic (exact) mass is 590 g/mol. The van der Waals surface area contributed by atoms with Crippen LogP contribution in [0.25, 0.3) is 0 Å². The number of aliphatic hydroxyl groups excluding tert-OH is 1. The van der Waals surface area contributed by atoms with Gasteiger partial charge in [-0.2, -0.15) is 0 Å². The second kappa shape index (κ2) is 16.7. The number of alkyl carbamates (subject to hydrolysis) is 1. The number of ether oxygens (including phenoxy) is 1. The summed E-state index contributed by atoms with van der Waals surface area (Å²) in [5.41, 5.74) is 5.24. The van der Waals surface area contributed by atoms with Crippen molar-refractivity contribution in [2.24, 2.45) is 11.7 Å². The summed E-state index contributed by atoms with van der Waals surface area (Å²) in [6, 6.07) is 3.66. The highest BCUT2D eigenvalue weighted by Crippen LogP contribution is 2.27. The predicted octanol–water partition coefficient (Wildman–Crippen LogP) is 2.16. The van der Waals surface area contributed by atoms with Crippen LogP contribution in [0.3, 0.4) is 0 Å². The molecular formula is C30H46N4O8. The lowest BCUT2D eigenvalue weighted by Crippen LogP contribution is -2.63. The highest BCUT2D eigenvalue weighted by Gasteiger charge is 2.40. The SMILES string of the molecule is CC(C)(C)OC(=O)N[C@H](C(=O)O)[C@@H](O)[C@H](NC(=O)CCCCC1CCCCC1)C(=O)N[C@@H](Cc1ccccc1)C(N)=O. The Hall–Kier alpha value is -3.67. The summed E-state index contributed by atoms with van der Waals surface area (Å²) in [4.78, 5) is 62.8. The summed E-state index contributed by atoms with van der Waals surface area (Å²) >= 11 is 0. The molecule has 1 fully saturated rings. The van der Waals surface area contributed by atoms with Gasteiger partial charge in [0.1, 0.15) is 23.8 Å². The van der Waals surface area contributed by atoms with Crippen LogP contribution in [0.2, 0.25) is 0 Å². The van der Waals surface area contributed by atoms with Gasteiger partial charge in [0.2, 0.25) is 17.7 Å². The quantitative estimate of drug-likeness (QED) is 0.167. The van der Waals surface area contributed by atoms with E-state index in [1.165, 1.54) is 32.1 Å². The Kier molecular flexibility index (Phi) is 13.7. The van der Waals surface area contributed by atoms with Crippen molar-refractivity contribution in [1.82, 2.24) is 16.0 Å². The van der Waals surface area contributed by atoms with Gasteiger partial charge in [-0.3, -0.25) is 14.4 Å². The number of benzene rings is 1. The topological polar surface area (TPSA) is 197 Å². The molecule has 12 nitrogen and oxygen atoms in total. The second-order valence-electron chi connectivity index (χ2n) is 11.9. The first-order valence-corrected chi connectivity index (χ1v) is 14.6. The highest BCUT2D eigenvalue weighted by molar-refractivity contribution is 5.93. The van der Waals surface area contributed by atoms with Gasteiger partial charge in [-0.15, -0.1) is 0 Å². The Morgan fingerprint density at radius 3 is 2.17 bits per heavy atom. The highest BCUT2D eigenvalue weighted by atomic mass is 16.6. The van der Waals surface area contributed by atoms with Crippen molar-refractivity contribution in [3.8, 4) is 0 Å². The fourth-order valence-corrected chi connectivity index (χ4v) is 5.00. The molecule has 0 bridgehead atoms. The molecule has 0 aromatic heterocycles. The molecule has 0 unspecified atom stereocenters. The van der Waals surface area contributed by atoms with E-state index in [0.717, 1.165) is 12.8 Å². The molecule has 0 heterocycles. The molecule has 42 heavy (non-hydrogen) atoms. The minimum atomic E-state index is -2.12. The number of carboxylic acid groups (broad SMARTS) is 1. The number of nitrogens with one attached hydrogen (secondary N) is 3. The first-order chi connectivity index (χ1) is 19.8. The fourth-order valence-electron chi connectivity index (χ4n) is 5.00. The smallest absolute Gasteiger partial charge is 0.408 e. The van der Waals surface area contributed by atoms with E-state index < -0.39 is 59.6 Å². The maximum Gasteiger partial charge on any atom is 0.408 e. The van der Waals surface area contributed by atoms with Crippen LogP contribution in [-0.2, 0) is 30.3 Å². The third-order valence-corrected chi connectivity index (χ3v) is 7.15. The lowest BCUT2D eigenvalue weighted by Gasteiger charge is -2.30. The molecule has 234 valence electrons. The molecular weight excluding hydrogens is 544 g/mol. The number of aliphatic hydroxyl groups is 1. The standard InChI is InChI=1S/C30H46N4O8/c1-30(2,3)42-29(41)34-24(28(39)40)25(36)23(33-22(35)17-11-10-14-19-12-6-4-7-13-19)27(38)32-21(26(31)37)18-20-15-8-5-9-16-20/h5,8-9,15-16,19,21,23-25,36H,4,6-7,10-14,17-18H2,1-3H3,(H2,31,37)(H,32,38)(H,33,35)(H,34,41)(H,39,40)/t21-,23-,24-,25-/m0/s1. The summed E-state index contributed by atoms with van der Waals surface area (Å²) < 4.78 is 5.09. The number of hydrogen-bond donors (Lipinski definition) is 6. The Bertz CT molecular complexity index is 1050. The maximum atomic E-state index is 13.4. The minimum absolute atomic E-state index is 0.0262. The molecule has 0 spiro atoms. The van der Waals surface area contributed by atoms with Crippen LogP contribution in [0.4, 0.5) is 4.79 Å². The molecule has 0 aliphatic heterocycles. The minimum Gasteiger partial charge on any atom is -0.480 e. The number of unbranched alkanes of at least 4 members (excludes halogenated alkanes) is 1. The van der Waals surface area contributed by atoms with E-state index in [2.05, 4.69) is 16.0 Å². The normalized spacial score (nSPS) is 16.8. The number of rotatable bonds is 15. The van der Waals surface area contributed by atoms with Crippen molar-refractivity contribution in [2.75, 3.05) is 0 Å². The van der Waals surface area contributed by atoms with Crippen molar-refractivity contribution < 1.29 is 38.9 Å². The zero-order valence-electron chi connectivity index (χ0n) is 24.8. The van der Waals surface area contributed by atoms with Crippen LogP contribution in [-0.4, -0.2) is 69.8 Å². The Balaban J connectivity index is 2.17. The van der Waals surface area contributed by atoms with Crippen LogP contribution >= 0.6 is 0 Å². The zero-order valence-corrected chi connectivity index (χ0v) is 24.8. The number of carboxylic acids is 1. The lowest BCUT2D eigenvalue weighted by atomic mass is 9.85. The average molecular weight is 591 g/mol. The van der Waals surface area contributed by atoms with E-state index in [1.54, 1.807) is 51.1 Å². The Morgan fingerprint density at radius 2 is 1.60 bits per heavy atom. The third kappa shape index (κ3) is 12.5. The predicted molar refractivity (Wildman–Crippen MR) is 155 cm³/mol. The summed E-state index contributed by atoms with van der Waals surface area (Å²) in [6.45, 7) is 4.71. The number of carbonyl (C=O) groups excluding carboxylic acids is 4. The van der Waals surface area contributed by atoms with Crippen molar-refractivity contribution in [1.29, 1.82) is 0 Å². The van der Waals surface area contributed by atoms with E-state index in [4.69, 9.17) is 10.5 Å². The molecule has 0 saturated heterocycles. The van der Waals surface area contributed by atoms with E-state index in [-0.39, 0.29) is 12.8 Å². The summed E-state index contributed by atoms with van der Waals surface area (Å²) in [6.07, 6.45) is 5.25. The van der Waals surface area contributed by atoms with E-state index in [0.29, 0.717) is 17.9 Å². The summed E-state index contributed by atoms with van der Waals surface area (Å²) in [5.74, 6) is -3.50. The molecule has 1 saturated carbocycles. The van der Waals surface area contributed by atoms with Gasteiger partial charge < -0.3 is 36.6 Å². The van der Waals surface area contributed by atoms with Crippen molar-refractivity contribution in [2.45, 2.75) is 115 Å². The summed E-state index contributed by atoms with van der Waals surface area (Å²) in [5, 5.41) is 27.7. The number of aliphatic carboxylic acids is 1. The van der Waals surface area contributed by atoms with Gasteiger partial charge in [-0.05, 0) is 38.7 Å². The van der Waals surface area contributed by atoms with Gasteiger partial charge in [-0.25, -0.2) is 9.59 Å². The van der Waals surface area contributed by atoms with Crippen molar-refractivity contribution >= 4 is 29.8 Å². The third-order valence-electron chi connectivity index (χ3n) is 7.15. The zero-order chi connectivity index (χ0) is 31.3. The molecule has 7 N–H and O–H groups in total.